The lowest BCUT2D eigenvalue weighted by molar-refractivity contribution is 1.18. The number of benzene rings is 6. The van der Waals surface area contributed by atoms with Crippen molar-refractivity contribution in [3.05, 3.63) is 151 Å². The van der Waals surface area contributed by atoms with Crippen LogP contribution in [0.25, 0.3) is 82.5 Å². The number of para-hydroxylation sites is 2. The minimum absolute atomic E-state index is 0.655. The van der Waals surface area contributed by atoms with E-state index in [0.29, 0.717) is 5.56 Å². The van der Waals surface area contributed by atoms with E-state index < -0.39 is 0 Å². The summed E-state index contributed by atoms with van der Waals surface area (Å²) in [6.07, 6.45) is 1.86. The molecule has 9 rings (SSSR count). The van der Waals surface area contributed by atoms with Gasteiger partial charge in [0.2, 0.25) is 0 Å². The van der Waals surface area contributed by atoms with E-state index in [4.69, 9.17) is 9.97 Å². The number of fused-ring (bicyclic) bond motifs is 8. The summed E-state index contributed by atoms with van der Waals surface area (Å²) in [5.41, 5.74) is 10.1. The molecule has 0 fully saturated rings. The average molecular weight is 573 g/mol. The summed E-state index contributed by atoms with van der Waals surface area (Å²) < 4.78 is 2.27. The molecule has 0 bridgehead atoms. The standard InChI is InChI=1S/C41H24N4/c42-25-26-12-20-37-34(23-26)35-24-30(18-21-38(35)45(37)31-8-2-1-3-9-31)27-13-15-29(16-14-27)40-33-19-17-28-7-6-22-43-41(28)39(33)32-10-4-5-11-36(32)44-40/h1-24H. The van der Waals surface area contributed by atoms with Crippen LogP contribution in [-0.4, -0.2) is 14.5 Å². The molecule has 0 atom stereocenters. The van der Waals surface area contributed by atoms with Gasteiger partial charge >= 0.3 is 0 Å². The van der Waals surface area contributed by atoms with Gasteiger partial charge in [-0.2, -0.15) is 5.26 Å². The maximum Gasteiger partial charge on any atom is 0.0991 e. The Kier molecular flexibility index (Phi) is 5.53. The lowest BCUT2D eigenvalue weighted by atomic mass is 9.96. The Balaban J connectivity index is 1.20. The molecule has 3 aromatic heterocycles. The van der Waals surface area contributed by atoms with E-state index in [0.717, 1.165) is 82.5 Å². The lowest BCUT2D eigenvalue weighted by Crippen LogP contribution is -1.93. The first-order valence-electron chi connectivity index (χ1n) is 15.0. The van der Waals surface area contributed by atoms with Gasteiger partial charge in [-0.3, -0.25) is 4.98 Å². The van der Waals surface area contributed by atoms with Crippen LogP contribution in [0.1, 0.15) is 5.56 Å². The molecule has 4 nitrogen and oxygen atoms in total. The predicted octanol–water partition coefficient (Wildman–Crippen LogP) is 10.2. The fourth-order valence-electron chi connectivity index (χ4n) is 6.75. The Bertz CT molecular complexity index is 2630. The van der Waals surface area contributed by atoms with E-state index in [1.165, 1.54) is 0 Å². The van der Waals surface area contributed by atoms with E-state index >= 15 is 0 Å². The van der Waals surface area contributed by atoms with Crippen LogP contribution in [-0.2, 0) is 0 Å². The molecule has 0 saturated heterocycles. The fourth-order valence-corrected chi connectivity index (χ4v) is 6.75. The Morgan fingerprint density at radius 2 is 1.29 bits per heavy atom. The maximum absolute atomic E-state index is 9.66. The molecule has 0 unspecified atom stereocenters. The van der Waals surface area contributed by atoms with Crippen LogP contribution in [0.3, 0.4) is 0 Å². The molecule has 0 N–H and O–H groups in total. The number of rotatable bonds is 3. The van der Waals surface area contributed by atoms with Crippen molar-refractivity contribution in [3.63, 3.8) is 0 Å². The normalized spacial score (nSPS) is 11.5. The topological polar surface area (TPSA) is 54.5 Å². The highest BCUT2D eigenvalue weighted by Gasteiger charge is 2.16. The van der Waals surface area contributed by atoms with E-state index in [1.807, 2.05) is 36.5 Å². The minimum atomic E-state index is 0.655. The third-order valence-corrected chi connectivity index (χ3v) is 8.84. The van der Waals surface area contributed by atoms with Crippen molar-refractivity contribution in [2.45, 2.75) is 0 Å². The molecule has 3 heterocycles. The van der Waals surface area contributed by atoms with Crippen LogP contribution >= 0.6 is 0 Å². The van der Waals surface area contributed by atoms with Gasteiger partial charge in [0.15, 0.2) is 0 Å². The van der Waals surface area contributed by atoms with Gasteiger partial charge in [-0.05, 0) is 65.7 Å². The number of nitriles is 1. The van der Waals surface area contributed by atoms with Gasteiger partial charge in [-0.1, -0.05) is 84.9 Å². The SMILES string of the molecule is N#Cc1ccc2c(c1)c1cc(-c3ccc(-c4nc5ccccc5c5c4ccc4cccnc45)cc3)ccc1n2-c1ccccc1. The van der Waals surface area contributed by atoms with Crippen molar-refractivity contribution in [1.29, 1.82) is 5.26 Å². The molecule has 0 radical (unpaired) electrons. The first kappa shape index (κ1) is 25.2. The van der Waals surface area contributed by atoms with Crippen molar-refractivity contribution in [2.75, 3.05) is 0 Å². The molecule has 9 aromatic rings. The minimum Gasteiger partial charge on any atom is -0.309 e. The number of hydrogen-bond donors (Lipinski definition) is 0. The van der Waals surface area contributed by atoms with Crippen LogP contribution in [0.5, 0.6) is 0 Å². The van der Waals surface area contributed by atoms with Crippen molar-refractivity contribution < 1.29 is 0 Å². The Morgan fingerprint density at radius 1 is 0.556 bits per heavy atom. The summed E-state index contributed by atoms with van der Waals surface area (Å²) in [6.45, 7) is 0. The molecular weight excluding hydrogens is 548 g/mol. The number of pyridine rings is 2. The quantitative estimate of drug-likeness (QED) is 0.198. The highest BCUT2D eigenvalue weighted by atomic mass is 15.0. The van der Waals surface area contributed by atoms with Crippen molar-refractivity contribution >= 4 is 54.4 Å². The summed E-state index contributed by atoms with van der Waals surface area (Å²) in [7, 11) is 0. The molecule has 0 amide bonds. The third-order valence-electron chi connectivity index (χ3n) is 8.84. The zero-order chi connectivity index (χ0) is 29.9. The van der Waals surface area contributed by atoms with Crippen LogP contribution in [0.2, 0.25) is 0 Å². The lowest BCUT2D eigenvalue weighted by Gasteiger charge is -2.12. The third kappa shape index (κ3) is 3.92. The monoisotopic (exact) mass is 572 g/mol. The fraction of sp³-hybridized carbons (Fsp3) is 0. The van der Waals surface area contributed by atoms with Crippen LogP contribution in [0.15, 0.2) is 146 Å². The predicted molar refractivity (Wildman–Crippen MR) is 184 cm³/mol. The van der Waals surface area contributed by atoms with Gasteiger partial charge in [0, 0.05) is 49.8 Å². The van der Waals surface area contributed by atoms with Crippen molar-refractivity contribution in [2.24, 2.45) is 0 Å². The zero-order valence-electron chi connectivity index (χ0n) is 24.1. The smallest absolute Gasteiger partial charge is 0.0991 e. The molecule has 0 aliphatic heterocycles. The Morgan fingerprint density at radius 3 is 2.13 bits per heavy atom. The molecule has 0 aliphatic carbocycles. The zero-order valence-corrected chi connectivity index (χ0v) is 24.1. The second-order valence-electron chi connectivity index (χ2n) is 11.4. The summed E-state index contributed by atoms with van der Waals surface area (Å²) >= 11 is 0. The van der Waals surface area contributed by atoms with Gasteiger partial charge in [-0.15, -0.1) is 0 Å². The van der Waals surface area contributed by atoms with Gasteiger partial charge in [0.25, 0.3) is 0 Å². The first-order valence-corrected chi connectivity index (χ1v) is 15.0. The molecule has 45 heavy (non-hydrogen) atoms. The van der Waals surface area contributed by atoms with Gasteiger partial charge in [0.05, 0.1) is 39.4 Å². The van der Waals surface area contributed by atoms with Gasteiger partial charge in [-0.25, -0.2) is 4.98 Å². The molecule has 0 aliphatic rings. The van der Waals surface area contributed by atoms with E-state index in [1.54, 1.807) is 0 Å². The molecule has 4 heteroatoms. The molecule has 208 valence electrons. The Hall–Kier alpha value is -6.31. The maximum atomic E-state index is 9.66. The average Bonchev–Trinajstić information content (AvgIpc) is 3.44. The number of hydrogen-bond acceptors (Lipinski definition) is 3. The van der Waals surface area contributed by atoms with E-state index in [9.17, 15) is 5.26 Å². The van der Waals surface area contributed by atoms with Crippen molar-refractivity contribution in [3.8, 4) is 34.1 Å². The molecule has 0 spiro atoms. The number of aromatic nitrogens is 3. The largest absolute Gasteiger partial charge is 0.309 e. The van der Waals surface area contributed by atoms with Gasteiger partial charge in [0.1, 0.15) is 0 Å². The summed E-state index contributed by atoms with van der Waals surface area (Å²) in [4.78, 5) is 9.93. The van der Waals surface area contributed by atoms with Gasteiger partial charge < -0.3 is 4.57 Å². The second-order valence-corrected chi connectivity index (χ2v) is 11.4. The molecule has 6 aromatic carbocycles. The van der Waals surface area contributed by atoms with E-state index in [2.05, 4.69) is 120 Å². The highest BCUT2D eigenvalue weighted by Crippen LogP contribution is 2.38. The Labute approximate surface area is 259 Å². The van der Waals surface area contributed by atoms with Crippen LogP contribution < -0.4 is 0 Å². The summed E-state index contributed by atoms with van der Waals surface area (Å²) in [5, 5.41) is 16.3. The van der Waals surface area contributed by atoms with Crippen molar-refractivity contribution in [1.82, 2.24) is 14.5 Å². The van der Waals surface area contributed by atoms with Crippen LogP contribution in [0, 0.1) is 11.3 Å². The molecule has 0 saturated carbocycles. The van der Waals surface area contributed by atoms with Crippen LogP contribution in [0.4, 0.5) is 0 Å². The number of nitrogens with zero attached hydrogens (tertiary/aromatic N) is 4. The van der Waals surface area contributed by atoms with E-state index in [-0.39, 0.29) is 0 Å². The highest BCUT2D eigenvalue weighted by molar-refractivity contribution is 6.21. The first-order chi connectivity index (χ1) is 22.3. The molecular formula is C41H24N4. The summed E-state index contributed by atoms with van der Waals surface area (Å²) in [6, 6.07) is 50.7. The second kappa shape index (κ2) is 9.87. The summed E-state index contributed by atoms with van der Waals surface area (Å²) in [5.74, 6) is 0.